The smallest absolute Gasteiger partial charge is 0.231 e. The number of hydrogen-bond acceptors (Lipinski definition) is 4. The third kappa shape index (κ3) is 2.89. The molecule has 1 fully saturated rings. The molecule has 2 aliphatic rings. The van der Waals surface area contributed by atoms with Crippen molar-refractivity contribution in [3.63, 3.8) is 0 Å². The van der Waals surface area contributed by atoms with Gasteiger partial charge in [0.25, 0.3) is 0 Å². The highest BCUT2D eigenvalue weighted by Gasteiger charge is 2.39. The van der Waals surface area contributed by atoms with Crippen LogP contribution in [0.3, 0.4) is 0 Å². The van der Waals surface area contributed by atoms with E-state index in [1.807, 2.05) is 18.2 Å². The van der Waals surface area contributed by atoms with Gasteiger partial charge in [0.05, 0.1) is 16.6 Å². The van der Waals surface area contributed by atoms with Gasteiger partial charge in [-0.3, -0.25) is 0 Å². The molecule has 2 aromatic rings. The third-order valence-electron chi connectivity index (χ3n) is 4.91. The van der Waals surface area contributed by atoms with Gasteiger partial charge in [0.1, 0.15) is 6.07 Å². The number of halogens is 1. The van der Waals surface area contributed by atoms with E-state index in [2.05, 4.69) is 36.9 Å². The number of nitrogens with zero attached hydrogens (tertiary/aromatic N) is 2. The lowest BCUT2D eigenvalue weighted by Gasteiger charge is -2.28. The molecule has 0 aromatic heterocycles. The average Bonchev–Trinajstić information content (AvgIpc) is 3.17. The Morgan fingerprint density at radius 1 is 1.16 bits per heavy atom. The van der Waals surface area contributed by atoms with Crippen LogP contribution in [0.1, 0.15) is 37.4 Å². The molecule has 0 amide bonds. The monoisotopic (exact) mass is 354 g/mol. The molecule has 25 heavy (non-hydrogen) atoms. The zero-order chi connectivity index (χ0) is 17.6. The number of hydrogen-bond donors (Lipinski definition) is 0. The Hall–Kier alpha value is -2.38. The highest BCUT2D eigenvalue weighted by molar-refractivity contribution is 6.32. The third-order valence-corrected chi connectivity index (χ3v) is 5.22. The van der Waals surface area contributed by atoms with Crippen LogP contribution in [0.15, 0.2) is 36.4 Å². The molecule has 0 bridgehead atoms. The second kappa shape index (κ2) is 5.86. The molecular weight excluding hydrogens is 336 g/mol. The molecule has 5 heteroatoms. The number of nitriles is 1. The van der Waals surface area contributed by atoms with Crippen molar-refractivity contribution in [3.8, 4) is 17.6 Å². The van der Waals surface area contributed by atoms with Crippen molar-refractivity contribution >= 4 is 17.3 Å². The fraction of sp³-hybridized carbons (Fsp3) is 0.350. The first-order valence-electron chi connectivity index (χ1n) is 8.33. The van der Waals surface area contributed by atoms with Gasteiger partial charge < -0.3 is 14.4 Å². The molecule has 2 aromatic carbocycles. The van der Waals surface area contributed by atoms with Crippen LogP contribution in [0.25, 0.3) is 0 Å². The van der Waals surface area contributed by atoms with Crippen LogP contribution in [0.2, 0.25) is 5.02 Å². The zero-order valence-electron chi connectivity index (χ0n) is 14.3. The molecule has 4 rings (SSSR count). The molecule has 128 valence electrons. The molecular formula is C20H19ClN2O2. The summed E-state index contributed by atoms with van der Waals surface area (Å²) in [5.74, 6) is 1.61. The van der Waals surface area contributed by atoms with E-state index in [1.165, 1.54) is 5.56 Å². The van der Waals surface area contributed by atoms with Crippen molar-refractivity contribution in [1.82, 2.24) is 0 Å². The minimum absolute atomic E-state index is 0.182. The number of ether oxygens (including phenoxy) is 2. The van der Waals surface area contributed by atoms with Crippen LogP contribution in [0.4, 0.5) is 5.69 Å². The Morgan fingerprint density at radius 2 is 1.96 bits per heavy atom. The topological polar surface area (TPSA) is 45.5 Å². The largest absolute Gasteiger partial charge is 0.454 e. The van der Waals surface area contributed by atoms with E-state index in [0.29, 0.717) is 10.6 Å². The van der Waals surface area contributed by atoms with Gasteiger partial charge in [-0.2, -0.15) is 5.26 Å². The first kappa shape index (κ1) is 16.1. The molecule has 1 saturated heterocycles. The lowest BCUT2D eigenvalue weighted by atomic mass is 9.88. The predicted molar refractivity (Wildman–Crippen MR) is 97.2 cm³/mol. The summed E-state index contributed by atoms with van der Waals surface area (Å²) in [4.78, 5) is 2.37. The summed E-state index contributed by atoms with van der Waals surface area (Å²) >= 11 is 6.26. The summed E-state index contributed by atoms with van der Waals surface area (Å²) < 4.78 is 11.0. The highest BCUT2D eigenvalue weighted by atomic mass is 35.5. The number of benzene rings is 2. The van der Waals surface area contributed by atoms with Gasteiger partial charge >= 0.3 is 0 Å². The summed E-state index contributed by atoms with van der Waals surface area (Å²) in [6, 6.07) is 14.2. The maximum Gasteiger partial charge on any atom is 0.231 e. The Kier molecular flexibility index (Phi) is 3.77. The second-order valence-electron chi connectivity index (χ2n) is 7.40. The van der Waals surface area contributed by atoms with Gasteiger partial charge in [0.15, 0.2) is 11.5 Å². The van der Waals surface area contributed by atoms with Crippen molar-refractivity contribution in [2.24, 2.45) is 5.41 Å². The quantitative estimate of drug-likeness (QED) is 0.768. The Morgan fingerprint density at radius 3 is 2.72 bits per heavy atom. The average molecular weight is 355 g/mol. The van der Waals surface area contributed by atoms with E-state index in [-0.39, 0.29) is 18.2 Å². The molecule has 1 unspecified atom stereocenters. The molecule has 0 aliphatic carbocycles. The van der Waals surface area contributed by atoms with Gasteiger partial charge in [-0.25, -0.2) is 0 Å². The summed E-state index contributed by atoms with van der Waals surface area (Å²) in [6.45, 7) is 5.76. The lowest BCUT2D eigenvalue weighted by molar-refractivity contribution is 0.174. The molecule has 0 saturated carbocycles. The van der Waals surface area contributed by atoms with Crippen molar-refractivity contribution in [2.75, 3.05) is 18.2 Å². The molecule has 1 atom stereocenters. The van der Waals surface area contributed by atoms with Crippen LogP contribution < -0.4 is 14.4 Å². The molecule has 2 heterocycles. The Labute approximate surface area is 152 Å². The first-order chi connectivity index (χ1) is 12.0. The van der Waals surface area contributed by atoms with Gasteiger partial charge in [-0.05, 0) is 47.7 Å². The minimum atomic E-state index is 0.182. The van der Waals surface area contributed by atoms with Crippen LogP contribution >= 0.6 is 11.6 Å². The van der Waals surface area contributed by atoms with Crippen molar-refractivity contribution in [2.45, 2.75) is 26.3 Å². The summed E-state index contributed by atoms with van der Waals surface area (Å²) in [5.41, 5.74) is 2.93. The van der Waals surface area contributed by atoms with Gasteiger partial charge in [0, 0.05) is 12.2 Å². The molecule has 0 N–H and O–H groups in total. The molecule has 0 radical (unpaired) electrons. The first-order valence-corrected chi connectivity index (χ1v) is 8.70. The van der Waals surface area contributed by atoms with Gasteiger partial charge in [-0.15, -0.1) is 0 Å². The Bertz CT molecular complexity index is 851. The minimum Gasteiger partial charge on any atom is -0.454 e. The maximum atomic E-state index is 9.10. The maximum absolute atomic E-state index is 9.10. The van der Waals surface area contributed by atoms with E-state index in [0.717, 1.165) is 30.2 Å². The van der Waals surface area contributed by atoms with E-state index < -0.39 is 0 Å². The molecule has 0 spiro atoms. The van der Waals surface area contributed by atoms with E-state index in [9.17, 15) is 0 Å². The zero-order valence-corrected chi connectivity index (χ0v) is 15.0. The highest BCUT2D eigenvalue weighted by Crippen LogP contribution is 2.47. The molecule has 4 nitrogen and oxygen atoms in total. The van der Waals surface area contributed by atoms with Gasteiger partial charge in [-0.1, -0.05) is 31.5 Å². The van der Waals surface area contributed by atoms with Crippen molar-refractivity contribution < 1.29 is 9.47 Å². The fourth-order valence-electron chi connectivity index (χ4n) is 3.73. The summed E-state index contributed by atoms with van der Waals surface area (Å²) in [6.07, 6.45) is 1.03. The summed E-state index contributed by atoms with van der Waals surface area (Å²) in [5, 5.41) is 9.60. The van der Waals surface area contributed by atoms with Crippen LogP contribution in [-0.2, 0) is 0 Å². The van der Waals surface area contributed by atoms with Crippen molar-refractivity contribution in [3.05, 3.63) is 52.5 Å². The van der Waals surface area contributed by atoms with Crippen molar-refractivity contribution in [1.29, 1.82) is 5.26 Å². The Balaban J connectivity index is 1.72. The number of fused-ring (bicyclic) bond motifs is 1. The number of anilines is 1. The van der Waals surface area contributed by atoms with E-state index in [1.54, 1.807) is 6.07 Å². The van der Waals surface area contributed by atoms with E-state index in [4.69, 9.17) is 26.3 Å². The SMILES string of the molecule is CC1(C)CC(c2ccc3c(c2)OCO3)N(c2ccc(C#N)c(Cl)c2)C1. The predicted octanol–water partition coefficient (Wildman–Crippen LogP) is 4.92. The van der Waals surface area contributed by atoms with Crippen LogP contribution in [0.5, 0.6) is 11.5 Å². The second-order valence-corrected chi connectivity index (χ2v) is 7.81. The normalized spacial score (nSPS) is 20.6. The van der Waals surface area contributed by atoms with Crippen LogP contribution in [-0.4, -0.2) is 13.3 Å². The standard InChI is InChI=1S/C20H19ClN2O2/c1-20(2)9-17(13-4-6-18-19(7-13)25-12-24-18)23(11-20)15-5-3-14(10-22)16(21)8-15/h3-8,17H,9,11-12H2,1-2H3. The van der Waals surface area contributed by atoms with Gasteiger partial charge in [0.2, 0.25) is 6.79 Å². The lowest BCUT2D eigenvalue weighted by Crippen LogP contribution is -2.25. The summed E-state index contributed by atoms with van der Waals surface area (Å²) in [7, 11) is 0. The fourth-order valence-corrected chi connectivity index (χ4v) is 3.95. The van der Waals surface area contributed by atoms with Crippen LogP contribution in [0, 0.1) is 16.7 Å². The molecule has 2 aliphatic heterocycles. The number of rotatable bonds is 2. The van der Waals surface area contributed by atoms with E-state index >= 15 is 0 Å².